The SMILES string of the molecule is O=C1CCC(N2C(=O)c3ccc(NCCCOCCOCCOCCCI)cc3C2=O)C(=O)N1. The number of piperidine rings is 1. The van der Waals surface area contributed by atoms with Crippen LogP contribution in [0.4, 0.5) is 5.69 Å². The minimum Gasteiger partial charge on any atom is -0.385 e. The summed E-state index contributed by atoms with van der Waals surface area (Å²) in [5.74, 6) is -2.04. The van der Waals surface area contributed by atoms with Crippen LogP contribution in [0.5, 0.6) is 0 Å². The third-order valence-corrected chi connectivity index (χ3v) is 6.16. The highest BCUT2D eigenvalue weighted by Gasteiger charge is 2.44. The van der Waals surface area contributed by atoms with Gasteiger partial charge in [0.25, 0.3) is 11.8 Å². The van der Waals surface area contributed by atoms with E-state index in [1.54, 1.807) is 18.2 Å². The molecule has 1 unspecified atom stereocenters. The van der Waals surface area contributed by atoms with Gasteiger partial charge in [0.1, 0.15) is 6.04 Å². The van der Waals surface area contributed by atoms with Crippen LogP contribution in [-0.4, -0.2) is 85.2 Å². The molecule has 1 atom stereocenters. The molecular weight excluding hydrogens is 557 g/mol. The van der Waals surface area contributed by atoms with E-state index >= 15 is 0 Å². The zero-order valence-corrected chi connectivity index (χ0v) is 21.1. The standard InChI is InChI=1S/C23H30IN3O7/c24-7-1-9-32-11-13-34-14-12-33-10-2-8-25-16-3-4-17-18(15-16)23(31)27(22(17)30)19-5-6-20(28)26-21(19)29/h3-4,15,19,25H,1-2,5-14H2,(H,26,28,29). The maximum absolute atomic E-state index is 12.8. The second kappa shape index (κ2) is 13.7. The summed E-state index contributed by atoms with van der Waals surface area (Å²) in [7, 11) is 0. The Kier molecular flexibility index (Phi) is 10.7. The third kappa shape index (κ3) is 7.20. The number of fused-ring (bicyclic) bond motifs is 1. The van der Waals surface area contributed by atoms with Crippen molar-refractivity contribution in [3.63, 3.8) is 0 Å². The van der Waals surface area contributed by atoms with Crippen molar-refractivity contribution < 1.29 is 33.4 Å². The lowest BCUT2D eigenvalue weighted by molar-refractivity contribution is -0.136. The first kappa shape index (κ1) is 26.5. The summed E-state index contributed by atoms with van der Waals surface area (Å²) in [5, 5.41) is 5.41. The van der Waals surface area contributed by atoms with E-state index in [9.17, 15) is 19.2 Å². The monoisotopic (exact) mass is 587 g/mol. The maximum atomic E-state index is 12.8. The molecule has 0 spiro atoms. The second-order valence-corrected chi connectivity index (χ2v) is 8.95. The summed E-state index contributed by atoms with van der Waals surface area (Å²) in [6.45, 7) is 4.15. The van der Waals surface area contributed by atoms with Crippen LogP contribution >= 0.6 is 22.6 Å². The highest BCUT2D eigenvalue weighted by molar-refractivity contribution is 14.1. The molecule has 1 fully saturated rings. The van der Waals surface area contributed by atoms with E-state index in [0.29, 0.717) is 45.3 Å². The van der Waals surface area contributed by atoms with E-state index in [1.165, 1.54) is 0 Å². The first-order chi connectivity index (χ1) is 16.5. The molecule has 34 heavy (non-hydrogen) atoms. The molecule has 2 aliphatic rings. The smallest absolute Gasteiger partial charge is 0.262 e. The Morgan fingerprint density at radius 1 is 0.912 bits per heavy atom. The molecule has 1 aromatic carbocycles. The molecule has 0 aliphatic carbocycles. The molecule has 4 amide bonds. The Morgan fingerprint density at radius 3 is 2.24 bits per heavy atom. The molecule has 1 saturated heterocycles. The van der Waals surface area contributed by atoms with Gasteiger partial charge in [0.2, 0.25) is 11.8 Å². The van der Waals surface area contributed by atoms with E-state index in [0.717, 1.165) is 28.8 Å². The Labute approximate surface area is 212 Å². The Balaban J connectivity index is 1.34. The van der Waals surface area contributed by atoms with Crippen molar-refractivity contribution in [2.75, 3.05) is 55.9 Å². The summed E-state index contributed by atoms with van der Waals surface area (Å²) in [6, 6.07) is 3.98. The van der Waals surface area contributed by atoms with Crippen molar-refractivity contribution >= 4 is 51.9 Å². The number of alkyl halides is 1. The Morgan fingerprint density at radius 2 is 1.56 bits per heavy atom. The van der Waals surface area contributed by atoms with Crippen molar-refractivity contribution in [3.05, 3.63) is 29.3 Å². The Hall–Kier alpha value is -2.09. The van der Waals surface area contributed by atoms with E-state index in [2.05, 4.69) is 33.2 Å². The van der Waals surface area contributed by atoms with Gasteiger partial charge in [0, 0.05) is 36.3 Å². The van der Waals surface area contributed by atoms with Crippen molar-refractivity contribution in [2.45, 2.75) is 31.7 Å². The number of imide groups is 2. The van der Waals surface area contributed by atoms with Gasteiger partial charge in [-0.15, -0.1) is 0 Å². The molecule has 11 heteroatoms. The van der Waals surface area contributed by atoms with Crippen LogP contribution in [-0.2, 0) is 23.8 Å². The Bertz CT molecular complexity index is 895. The fourth-order valence-corrected chi connectivity index (χ4v) is 4.00. The number of carbonyl (C=O) groups is 4. The van der Waals surface area contributed by atoms with Crippen LogP contribution < -0.4 is 10.6 Å². The first-order valence-electron chi connectivity index (χ1n) is 11.4. The number of nitrogens with zero attached hydrogens (tertiary/aromatic N) is 1. The topological polar surface area (TPSA) is 123 Å². The van der Waals surface area contributed by atoms with Crippen molar-refractivity contribution in [3.8, 4) is 0 Å². The number of hydrogen-bond donors (Lipinski definition) is 2. The molecule has 2 heterocycles. The molecule has 3 rings (SSSR count). The fraction of sp³-hybridized carbons (Fsp3) is 0.565. The molecule has 0 radical (unpaired) electrons. The van der Waals surface area contributed by atoms with E-state index in [-0.39, 0.29) is 24.0 Å². The van der Waals surface area contributed by atoms with Gasteiger partial charge in [-0.2, -0.15) is 0 Å². The van der Waals surface area contributed by atoms with Gasteiger partial charge in [-0.1, -0.05) is 22.6 Å². The zero-order chi connectivity index (χ0) is 24.3. The number of rotatable bonds is 15. The summed E-state index contributed by atoms with van der Waals surface area (Å²) in [5.41, 5.74) is 1.22. The van der Waals surface area contributed by atoms with Gasteiger partial charge in [-0.05, 0) is 37.5 Å². The molecule has 10 nitrogen and oxygen atoms in total. The van der Waals surface area contributed by atoms with Crippen LogP contribution in [0, 0.1) is 0 Å². The van der Waals surface area contributed by atoms with E-state index in [4.69, 9.17) is 14.2 Å². The highest BCUT2D eigenvalue weighted by Crippen LogP contribution is 2.29. The highest BCUT2D eigenvalue weighted by atomic mass is 127. The zero-order valence-electron chi connectivity index (χ0n) is 19.0. The molecule has 0 saturated carbocycles. The fourth-order valence-electron chi connectivity index (χ4n) is 3.69. The lowest BCUT2D eigenvalue weighted by Crippen LogP contribution is -2.54. The third-order valence-electron chi connectivity index (χ3n) is 5.40. The predicted molar refractivity (Wildman–Crippen MR) is 132 cm³/mol. The number of anilines is 1. The van der Waals surface area contributed by atoms with Crippen LogP contribution in [0.1, 0.15) is 46.4 Å². The lowest BCUT2D eigenvalue weighted by atomic mass is 10.0. The largest absolute Gasteiger partial charge is 0.385 e. The van der Waals surface area contributed by atoms with Gasteiger partial charge in [0.05, 0.1) is 37.6 Å². The second-order valence-electron chi connectivity index (χ2n) is 7.87. The molecule has 186 valence electrons. The van der Waals surface area contributed by atoms with Crippen LogP contribution in [0.2, 0.25) is 0 Å². The molecule has 2 aliphatic heterocycles. The number of benzene rings is 1. The van der Waals surface area contributed by atoms with Gasteiger partial charge in [0.15, 0.2) is 0 Å². The minimum atomic E-state index is -0.962. The number of halogens is 1. The minimum absolute atomic E-state index is 0.0953. The molecule has 2 N–H and O–H groups in total. The number of ether oxygens (including phenoxy) is 3. The molecule has 0 aromatic heterocycles. The average molecular weight is 587 g/mol. The van der Waals surface area contributed by atoms with Gasteiger partial charge >= 0.3 is 0 Å². The maximum Gasteiger partial charge on any atom is 0.262 e. The quantitative estimate of drug-likeness (QED) is 0.138. The summed E-state index contributed by atoms with van der Waals surface area (Å²) >= 11 is 2.32. The van der Waals surface area contributed by atoms with Crippen LogP contribution in [0.25, 0.3) is 0 Å². The predicted octanol–water partition coefficient (Wildman–Crippen LogP) is 1.76. The van der Waals surface area contributed by atoms with Gasteiger partial charge in [-0.3, -0.25) is 29.4 Å². The summed E-state index contributed by atoms with van der Waals surface area (Å²) < 4.78 is 17.5. The van der Waals surface area contributed by atoms with Crippen molar-refractivity contribution in [1.29, 1.82) is 0 Å². The number of amides is 4. The molecular formula is C23H30IN3O7. The average Bonchev–Trinajstić information content (AvgIpc) is 3.06. The number of nitrogens with one attached hydrogen (secondary N) is 2. The van der Waals surface area contributed by atoms with Crippen LogP contribution in [0.3, 0.4) is 0 Å². The normalized spacial score (nSPS) is 17.8. The summed E-state index contributed by atoms with van der Waals surface area (Å²) in [6.07, 6.45) is 2.04. The summed E-state index contributed by atoms with van der Waals surface area (Å²) in [4.78, 5) is 50.0. The van der Waals surface area contributed by atoms with Gasteiger partial charge < -0.3 is 19.5 Å². The number of hydrogen-bond acceptors (Lipinski definition) is 8. The number of carbonyl (C=O) groups excluding carboxylic acids is 4. The van der Waals surface area contributed by atoms with Crippen LogP contribution in [0.15, 0.2) is 18.2 Å². The van der Waals surface area contributed by atoms with E-state index in [1.807, 2.05) is 0 Å². The van der Waals surface area contributed by atoms with Crippen molar-refractivity contribution in [1.82, 2.24) is 10.2 Å². The molecule has 1 aromatic rings. The lowest BCUT2D eigenvalue weighted by Gasteiger charge is -2.27. The van der Waals surface area contributed by atoms with Crippen molar-refractivity contribution in [2.24, 2.45) is 0 Å². The van der Waals surface area contributed by atoms with E-state index < -0.39 is 29.7 Å². The first-order valence-corrected chi connectivity index (χ1v) is 12.9. The molecule has 0 bridgehead atoms. The van der Waals surface area contributed by atoms with Gasteiger partial charge in [-0.25, -0.2) is 0 Å².